The van der Waals surface area contributed by atoms with Crippen LogP contribution in [0.1, 0.15) is 50.5 Å². The van der Waals surface area contributed by atoms with Gasteiger partial charge in [0.15, 0.2) is 0 Å². The zero-order valence-corrected chi connectivity index (χ0v) is 13.0. The standard InChI is InChI=1S/C18H25NO3/c20-17(14-13-16-10-6-5-7-11-16)19-15-9-4-2-1-3-8-12-18(21)22/h5-7,10-11,13-14H,1-4,8-9,12,15H2,(H,19,20)(H,21,22). The van der Waals surface area contributed by atoms with Gasteiger partial charge in [0.2, 0.25) is 5.91 Å². The van der Waals surface area contributed by atoms with E-state index in [-0.39, 0.29) is 12.3 Å². The number of carbonyl (C=O) groups excluding carboxylic acids is 1. The van der Waals surface area contributed by atoms with Gasteiger partial charge >= 0.3 is 5.97 Å². The van der Waals surface area contributed by atoms with Crippen LogP contribution in [-0.2, 0) is 9.59 Å². The molecular weight excluding hydrogens is 278 g/mol. The summed E-state index contributed by atoms with van der Waals surface area (Å²) in [6, 6.07) is 9.73. The molecule has 2 N–H and O–H groups in total. The monoisotopic (exact) mass is 303 g/mol. The van der Waals surface area contributed by atoms with E-state index in [2.05, 4.69) is 5.32 Å². The highest BCUT2D eigenvalue weighted by Gasteiger charge is 1.97. The predicted octanol–water partition coefficient (Wildman–Crippen LogP) is 3.63. The van der Waals surface area contributed by atoms with E-state index in [1.54, 1.807) is 12.2 Å². The number of carbonyl (C=O) groups is 2. The molecule has 0 aliphatic rings. The third kappa shape index (κ3) is 9.75. The van der Waals surface area contributed by atoms with Crippen LogP contribution >= 0.6 is 0 Å². The average molecular weight is 303 g/mol. The zero-order valence-electron chi connectivity index (χ0n) is 13.0. The van der Waals surface area contributed by atoms with Crippen molar-refractivity contribution < 1.29 is 14.7 Å². The van der Waals surface area contributed by atoms with Crippen LogP contribution < -0.4 is 5.32 Å². The quantitative estimate of drug-likeness (QED) is 0.484. The van der Waals surface area contributed by atoms with Gasteiger partial charge in [-0.15, -0.1) is 0 Å². The van der Waals surface area contributed by atoms with E-state index >= 15 is 0 Å². The molecule has 0 saturated carbocycles. The molecule has 1 rings (SSSR count). The minimum Gasteiger partial charge on any atom is -0.481 e. The van der Waals surface area contributed by atoms with Gasteiger partial charge in [-0.1, -0.05) is 56.0 Å². The van der Waals surface area contributed by atoms with Crippen molar-refractivity contribution in [2.45, 2.75) is 44.9 Å². The maximum Gasteiger partial charge on any atom is 0.303 e. The minimum absolute atomic E-state index is 0.0645. The third-order valence-corrected chi connectivity index (χ3v) is 3.34. The number of carboxylic acid groups (broad SMARTS) is 1. The highest BCUT2D eigenvalue weighted by Crippen LogP contribution is 2.06. The number of hydrogen-bond donors (Lipinski definition) is 2. The van der Waals surface area contributed by atoms with E-state index in [9.17, 15) is 9.59 Å². The number of amides is 1. The number of rotatable bonds is 11. The second kappa shape index (κ2) is 11.5. The minimum atomic E-state index is -0.716. The SMILES string of the molecule is O=C(O)CCCCCCCCNC(=O)C=Cc1ccccc1. The lowest BCUT2D eigenvalue weighted by Gasteiger charge is -2.02. The highest BCUT2D eigenvalue weighted by molar-refractivity contribution is 5.91. The summed E-state index contributed by atoms with van der Waals surface area (Å²) in [4.78, 5) is 21.9. The Balaban J connectivity index is 1.97. The van der Waals surface area contributed by atoms with Gasteiger partial charge in [-0.3, -0.25) is 9.59 Å². The van der Waals surface area contributed by atoms with Crippen LogP contribution in [0.2, 0.25) is 0 Å². The lowest BCUT2D eigenvalue weighted by atomic mass is 10.1. The van der Waals surface area contributed by atoms with Crippen molar-refractivity contribution in [1.82, 2.24) is 5.32 Å². The number of unbranched alkanes of at least 4 members (excludes halogenated alkanes) is 5. The molecule has 4 nitrogen and oxygen atoms in total. The van der Waals surface area contributed by atoms with E-state index in [1.807, 2.05) is 30.3 Å². The fourth-order valence-electron chi connectivity index (χ4n) is 2.11. The number of nitrogens with one attached hydrogen (secondary N) is 1. The van der Waals surface area contributed by atoms with Crippen LogP contribution in [0.4, 0.5) is 0 Å². The molecule has 0 unspecified atom stereocenters. The Bertz CT molecular complexity index is 468. The highest BCUT2D eigenvalue weighted by atomic mass is 16.4. The molecule has 1 aromatic rings. The lowest BCUT2D eigenvalue weighted by Crippen LogP contribution is -2.21. The van der Waals surface area contributed by atoms with E-state index in [1.165, 1.54) is 0 Å². The van der Waals surface area contributed by atoms with Crippen molar-refractivity contribution in [3.05, 3.63) is 42.0 Å². The summed E-state index contributed by atoms with van der Waals surface area (Å²) in [7, 11) is 0. The number of aliphatic carboxylic acids is 1. The fraction of sp³-hybridized carbons (Fsp3) is 0.444. The van der Waals surface area contributed by atoms with Gasteiger partial charge < -0.3 is 10.4 Å². The summed E-state index contributed by atoms with van der Waals surface area (Å²) in [6.07, 6.45) is 9.54. The van der Waals surface area contributed by atoms with E-state index in [4.69, 9.17) is 5.11 Å². The molecule has 1 amide bonds. The van der Waals surface area contributed by atoms with Gasteiger partial charge in [-0.25, -0.2) is 0 Å². The Labute approximate surface area is 132 Å². The Kier molecular flexibility index (Phi) is 9.42. The molecule has 0 spiro atoms. The maximum absolute atomic E-state index is 11.6. The maximum atomic E-state index is 11.6. The Morgan fingerprint density at radius 1 is 0.955 bits per heavy atom. The zero-order chi connectivity index (χ0) is 16.0. The van der Waals surface area contributed by atoms with Crippen LogP contribution in [0, 0.1) is 0 Å². The molecule has 4 heteroatoms. The van der Waals surface area contributed by atoms with E-state index in [0.29, 0.717) is 6.54 Å². The molecule has 0 atom stereocenters. The second-order valence-electron chi connectivity index (χ2n) is 5.30. The summed E-state index contributed by atoms with van der Waals surface area (Å²) < 4.78 is 0. The molecule has 120 valence electrons. The van der Waals surface area contributed by atoms with E-state index in [0.717, 1.165) is 44.1 Å². The smallest absolute Gasteiger partial charge is 0.303 e. The molecule has 0 aliphatic heterocycles. The van der Waals surface area contributed by atoms with Crippen molar-refractivity contribution in [2.24, 2.45) is 0 Å². The average Bonchev–Trinajstić information content (AvgIpc) is 2.52. The summed E-state index contributed by atoms with van der Waals surface area (Å²) >= 11 is 0. The summed E-state index contributed by atoms with van der Waals surface area (Å²) in [5.41, 5.74) is 1.01. The first kappa shape index (κ1) is 18.0. The van der Waals surface area contributed by atoms with Crippen molar-refractivity contribution in [3.8, 4) is 0 Å². The normalized spacial score (nSPS) is 10.7. The van der Waals surface area contributed by atoms with Gasteiger partial charge in [0, 0.05) is 19.0 Å². The van der Waals surface area contributed by atoms with Crippen molar-refractivity contribution in [2.75, 3.05) is 6.54 Å². The number of hydrogen-bond acceptors (Lipinski definition) is 2. The molecule has 0 aromatic heterocycles. The first-order valence-electron chi connectivity index (χ1n) is 7.91. The molecule has 22 heavy (non-hydrogen) atoms. The fourth-order valence-corrected chi connectivity index (χ4v) is 2.11. The van der Waals surface area contributed by atoms with Crippen LogP contribution in [0.3, 0.4) is 0 Å². The summed E-state index contributed by atoms with van der Waals surface area (Å²) in [5, 5.41) is 11.4. The van der Waals surface area contributed by atoms with Gasteiger partial charge in [-0.2, -0.15) is 0 Å². The molecule has 0 fully saturated rings. The number of carboxylic acids is 1. The molecule has 1 aromatic carbocycles. The first-order valence-corrected chi connectivity index (χ1v) is 7.91. The third-order valence-electron chi connectivity index (χ3n) is 3.34. The summed E-state index contributed by atoms with van der Waals surface area (Å²) in [5.74, 6) is -0.781. The van der Waals surface area contributed by atoms with Crippen LogP contribution in [0.25, 0.3) is 6.08 Å². The molecule has 0 radical (unpaired) electrons. The van der Waals surface area contributed by atoms with Gasteiger partial charge in [-0.05, 0) is 24.5 Å². The van der Waals surface area contributed by atoms with Gasteiger partial charge in [0.05, 0.1) is 0 Å². The second-order valence-corrected chi connectivity index (χ2v) is 5.30. The Hall–Kier alpha value is -2.10. The first-order chi connectivity index (χ1) is 10.7. The van der Waals surface area contributed by atoms with E-state index < -0.39 is 5.97 Å². The van der Waals surface area contributed by atoms with Gasteiger partial charge in [0.25, 0.3) is 0 Å². The van der Waals surface area contributed by atoms with Crippen molar-refractivity contribution >= 4 is 18.0 Å². The molecule has 0 bridgehead atoms. The van der Waals surface area contributed by atoms with Gasteiger partial charge in [0.1, 0.15) is 0 Å². The van der Waals surface area contributed by atoms with Crippen molar-refractivity contribution in [3.63, 3.8) is 0 Å². The van der Waals surface area contributed by atoms with Crippen LogP contribution in [0.5, 0.6) is 0 Å². The molecule has 0 saturated heterocycles. The largest absolute Gasteiger partial charge is 0.481 e. The molecule has 0 aliphatic carbocycles. The summed E-state index contributed by atoms with van der Waals surface area (Å²) in [6.45, 7) is 0.688. The van der Waals surface area contributed by atoms with Crippen molar-refractivity contribution in [1.29, 1.82) is 0 Å². The predicted molar refractivity (Wildman–Crippen MR) is 88.4 cm³/mol. The molecule has 0 heterocycles. The van der Waals surface area contributed by atoms with Crippen LogP contribution in [0.15, 0.2) is 36.4 Å². The topological polar surface area (TPSA) is 66.4 Å². The Morgan fingerprint density at radius 3 is 2.27 bits per heavy atom. The van der Waals surface area contributed by atoms with Crippen LogP contribution in [-0.4, -0.2) is 23.5 Å². The lowest BCUT2D eigenvalue weighted by molar-refractivity contribution is -0.137. The molecular formula is C18H25NO3. The Morgan fingerprint density at radius 2 is 1.59 bits per heavy atom. The number of benzene rings is 1.